The maximum absolute atomic E-state index is 12.6. The molecule has 380 valence electrons. The van der Waals surface area contributed by atoms with Gasteiger partial charge in [-0.05, 0) is 113 Å². The van der Waals surface area contributed by atoms with Crippen LogP contribution in [0.5, 0.6) is 0 Å². The zero-order valence-electron chi connectivity index (χ0n) is 40.6. The average molecular weight is 1030 g/mol. The van der Waals surface area contributed by atoms with Crippen molar-refractivity contribution in [1.82, 2.24) is 0 Å². The molecule has 2 rings (SSSR count). The van der Waals surface area contributed by atoms with Crippen LogP contribution in [0.2, 0.25) is 0 Å². The molecule has 0 fully saturated rings. The summed E-state index contributed by atoms with van der Waals surface area (Å²) < 4.78 is 89.4. The largest absolute Gasteiger partial charge is 2.00 e. The summed E-state index contributed by atoms with van der Waals surface area (Å²) in [6.45, 7) is 15.4. The summed E-state index contributed by atoms with van der Waals surface area (Å²) in [7, 11) is -9.60. The number of unbranched alkanes of at least 4 members (excludes halogenated alkanes) is 20. The van der Waals surface area contributed by atoms with Gasteiger partial charge >= 0.3 is 61.6 Å². The van der Waals surface area contributed by atoms with Gasteiger partial charge in [0.05, 0.1) is 58.5 Å². The fourth-order valence-electron chi connectivity index (χ4n) is 6.71. The SMILES string of the molecule is C=CCCCCCCCOC(=O)c1ccc(S(=O)(=O)[O-])cc1C(=O)OCCCCCCCC=C.C=CCCCCCCCOC(=O)c1ccc(S(=O)(=O)[O-])cc1C(=O)OCCCCCCCC=C.[Ca+2]. The number of esters is 4. The van der Waals surface area contributed by atoms with E-state index in [2.05, 4.69) is 26.3 Å². The predicted molar refractivity (Wildman–Crippen MR) is 267 cm³/mol. The number of hydrogen-bond acceptors (Lipinski definition) is 14. The number of carbonyl (C=O) groups is 4. The number of benzene rings is 2. The minimum Gasteiger partial charge on any atom is -0.744 e. The fraction of sp³-hybridized carbons (Fsp3) is 0.538. The Hall–Kier alpha value is -3.64. The Morgan fingerprint density at radius 1 is 0.377 bits per heavy atom. The molecule has 0 spiro atoms. The molecule has 0 saturated heterocycles. The Balaban J connectivity index is 0.00000132. The van der Waals surface area contributed by atoms with Gasteiger partial charge in [-0.2, -0.15) is 0 Å². The molecule has 0 bridgehead atoms. The van der Waals surface area contributed by atoms with Crippen LogP contribution >= 0.6 is 0 Å². The van der Waals surface area contributed by atoms with Crippen molar-refractivity contribution in [2.45, 2.75) is 164 Å². The van der Waals surface area contributed by atoms with Crippen LogP contribution in [0.25, 0.3) is 0 Å². The molecule has 0 atom stereocenters. The minimum absolute atomic E-state index is 0. The van der Waals surface area contributed by atoms with E-state index >= 15 is 0 Å². The van der Waals surface area contributed by atoms with E-state index < -0.39 is 53.9 Å². The Morgan fingerprint density at radius 3 is 0.826 bits per heavy atom. The van der Waals surface area contributed by atoms with Gasteiger partial charge in [0.15, 0.2) is 0 Å². The molecular formula is C52H74CaO14S2. The predicted octanol–water partition coefficient (Wildman–Crippen LogP) is 11.5. The summed E-state index contributed by atoms with van der Waals surface area (Å²) in [5.74, 6) is -3.22. The third-order valence-electron chi connectivity index (χ3n) is 10.6. The summed E-state index contributed by atoms with van der Waals surface area (Å²) >= 11 is 0. The van der Waals surface area contributed by atoms with E-state index in [0.717, 1.165) is 165 Å². The second-order valence-electron chi connectivity index (χ2n) is 16.2. The first kappa shape index (κ1) is 65.4. The standard InChI is InChI=1S/2C26H38O7S.Ca/c2*1-3-5-7-9-11-13-15-19-32-25(27)23-18-17-22(34(29,30)31)21-24(23)26(28)33-20-16-14-12-10-8-6-4-2;/h2*3-4,17-18,21H,1-2,5-16,19-20H2,(H,29,30,31);/q;;+2/p-2. The molecule has 0 aliphatic heterocycles. The number of allylic oxidation sites excluding steroid dienone is 4. The van der Waals surface area contributed by atoms with Crippen LogP contribution in [0.4, 0.5) is 0 Å². The molecule has 0 aromatic heterocycles. The van der Waals surface area contributed by atoms with Gasteiger partial charge in [0.2, 0.25) is 0 Å². The van der Waals surface area contributed by atoms with E-state index in [0.29, 0.717) is 25.7 Å². The molecule has 69 heavy (non-hydrogen) atoms. The number of hydrogen-bond donors (Lipinski definition) is 0. The molecule has 2 aromatic carbocycles. The smallest absolute Gasteiger partial charge is 0.744 e. The first-order valence-corrected chi connectivity index (χ1v) is 26.8. The molecule has 0 unspecified atom stereocenters. The fourth-order valence-corrected chi connectivity index (χ4v) is 7.70. The van der Waals surface area contributed by atoms with Crippen LogP contribution < -0.4 is 0 Å². The first-order valence-electron chi connectivity index (χ1n) is 23.9. The molecule has 0 N–H and O–H groups in total. The van der Waals surface area contributed by atoms with Crippen molar-refractivity contribution in [2.75, 3.05) is 26.4 Å². The van der Waals surface area contributed by atoms with Crippen LogP contribution in [0.15, 0.2) is 96.8 Å². The van der Waals surface area contributed by atoms with Crippen molar-refractivity contribution in [2.24, 2.45) is 0 Å². The zero-order chi connectivity index (χ0) is 50.5. The second-order valence-corrected chi connectivity index (χ2v) is 19.0. The summed E-state index contributed by atoms with van der Waals surface area (Å²) in [5.41, 5.74) is -0.796. The molecule has 0 saturated carbocycles. The maximum Gasteiger partial charge on any atom is 2.00 e. The van der Waals surface area contributed by atoms with Crippen molar-refractivity contribution >= 4 is 81.9 Å². The van der Waals surface area contributed by atoms with Gasteiger partial charge in [-0.3, -0.25) is 0 Å². The van der Waals surface area contributed by atoms with E-state index in [1.165, 1.54) is 0 Å². The van der Waals surface area contributed by atoms with Crippen LogP contribution in [0.1, 0.15) is 196 Å². The molecule has 0 amide bonds. The quantitative estimate of drug-likeness (QED) is 0.0153. The molecule has 0 radical (unpaired) electrons. The van der Waals surface area contributed by atoms with Crippen LogP contribution in [-0.2, 0) is 39.2 Å². The third kappa shape index (κ3) is 30.7. The molecule has 0 aliphatic carbocycles. The van der Waals surface area contributed by atoms with E-state index in [1.54, 1.807) is 0 Å². The molecule has 0 heterocycles. The zero-order valence-corrected chi connectivity index (χ0v) is 44.5. The van der Waals surface area contributed by atoms with Crippen molar-refractivity contribution in [3.63, 3.8) is 0 Å². The van der Waals surface area contributed by atoms with Gasteiger partial charge in [-0.1, -0.05) is 101 Å². The van der Waals surface area contributed by atoms with E-state index in [9.17, 15) is 45.1 Å². The second kappa shape index (κ2) is 40.0. The summed E-state index contributed by atoms with van der Waals surface area (Å²) in [6.07, 6.45) is 30.3. The van der Waals surface area contributed by atoms with Crippen LogP contribution in [-0.4, -0.2) is 114 Å². The van der Waals surface area contributed by atoms with E-state index in [-0.39, 0.29) is 86.4 Å². The summed E-state index contributed by atoms with van der Waals surface area (Å²) in [5, 5.41) is 0. The number of ether oxygens (including phenoxy) is 4. The summed E-state index contributed by atoms with van der Waals surface area (Å²) in [6, 6.07) is 6.01. The number of rotatable bonds is 38. The van der Waals surface area contributed by atoms with Gasteiger partial charge in [-0.25, -0.2) is 36.0 Å². The monoisotopic (exact) mass is 1030 g/mol. The average Bonchev–Trinajstić information content (AvgIpc) is 3.31. The molecule has 2 aromatic rings. The maximum atomic E-state index is 12.6. The Kier molecular flexibility index (Phi) is 37.9. The molecule has 0 aliphatic rings. The molecular weight excluding hydrogens is 953 g/mol. The number of carbonyl (C=O) groups excluding carboxylic acids is 4. The Labute approximate surface area is 442 Å². The van der Waals surface area contributed by atoms with Crippen LogP contribution in [0, 0.1) is 0 Å². The van der Waals surface area contributed by atoms with E-state index in [4.69, 9.17) is 18.9 Å². The van der Waals surface area contributed by atoms with Crippen molar-refractivity contribution in [3.05, 3.63) is 109 Å². The topological polar surface area (TPSA) is 220 Å². The van der Waals surface area contributed by atoms with Gasteiger partial charge in [-0.15, -0.1) is 26.3 Å². The van der Waals surface area contributed by atoms with E-state index in [1.807, 2.05) is 24.3 Å². The van der Waals surface area contributed by atoms with Crippen molar-refractivity contribution in [3.8, 4) is 0 Å². The van der Waals surface area contributed by atoms with Crippen molar-refractivity contribution < 1.29 is 64.1 Å². The normalized spacial score (nSPS) is 10.9. The minimum atomic E-state index is -4.80. The van der Waals surface area contributed by atoms with Crippen LogP contribution in [0.3, 0.4) is 0 Å². The molecule has 14 nitrogen and oxygen atoms in total. The van der Waals surface area contributed by atoms with Gasteiger partial charge in [0.1, 0.15) is 20.2 Å². The van der Waals surface area contributed by atoms with Gasteiger partial charge in [0.25, 0.3) is 0 Å². The summed E-state index contributed by atoms with van der Waals surface area (Å²) in [4.78, 5) is 49.0. The molecule has 17 heteroatoms. The first-order chi connectivity index (χ1) is 32.6. The van der Waals surface area contributed by atoms with Crippen molar-refractivity contribution in [1.29, 1.82) is 0 Å². The Morgan fingerprint density at radius 2 is 0.594 bits per heavy atom. The third-order valence-corrected chi connectivity index (χ3v) is 12.2. The van der Waals surface area contributed by atoms with Gasteiger partial charge < -0.3 is 28.1 Å². The van der Waals surface area contributed by atoms with Gasteiger partial charge in [0, 0.05) is 0 Å². The Bertz CT molecular complexity index is 1940.